The molecule has 0 unspecified atom stereocenters. The molecule has 0 heterocycles. The Morgan fingerprint density at radius 3 is 2.38 bits per heavy atom. The van der Waals surface area contributed by atoms with Crippen molar-refractivity contribution >= 4 is 22.0 Å². The molecule has 0 fully saturated rings. The van der Waals surface area contributed by atoms with Crippen molar-refractivity contribution in [2.45, 2.75) is 30.7 Å². The van der Waals surface area contributed by atoms with Crippen LogP contribution in [0.5, 0.6) is 0 Å². The highest BCUT2D eigenvalue weighted by Crippen LogP contribution is 2.20. The van der Waals surface area contributed by atoms with Gasteiger partial charge in [0, 0.05) is 5.54 Å². The minimum Gasteiger partial charge on any atom is -0.481 e. The molecule has 1 aromatic carbocycles. The van der Waals surface area contributed by atoms with Crippen molar-refractivity contribution in [1.82, 2.24) is 4.72 Å². The van der Waals surface area contributed by atoms with Crippen molar-refractivity contribution in [3.05, 3.63) is 29.8 Å². The Bertz CT molecular complexity index is 650. The number of carbonyl (C=O) groups excluding carboxylic acids is 1. The van der Waals surface area contributed by atoms with Crippen LogP contribution in [0.3, 0.4) is 0 Å². The van der Waals surface area contributed by atoms with Gasteiger partial charge in [-0.05, 0) is 26.0 Å². The molecule has 0 amide bonds. The largest absolute Gasteiger partial charge is 0.481 e. The summed E-state index contributed by atoms with van der Waals surface area (Å²) in [4.78, 5) is 22.1. The maximum Gasteiger partial charge on any atom is 0.339 e. The van der Waals surface area contributed by atoms with Gasteiger partial charge in [0.1, 0.15) is 0 Å². The molecule has 0 radical (unpaired) electrons. The Hall–Kier alpha value is -1.93. The molecule has 0 aliphatic carbocycles. The quantitative estimate of drug-likeness (QED) is 0.758. The van der Waals surface area contributed by atoms with Crippen LogP contribution in [0, 0.1) is 0 Å². The summed E-state index contributed by atoms with van der Waals surface area (Å²) in [7, 11) is -2.92. The fraction of sp³-hybridized carbons (Fsp3) is 0.385. The smallest absolute Gasteiger partial charge is 0.339 e. The zero-order chi connectivity index (χ0) is 16.3. The van der Waals surface area contributed by atoms with E-state index in [-0.39, 0.29) is 10.5 Å². The molecule has 0 aliphatic heterocycles. The molecular formula is C13H17NO6S. The van der Waals surface area contributed by atoms with Crippen LogP contribution in [0.2, 0.25) is 0 Å². The fourth-order valence-electron chi connectivity index (χ4n) is 1.81. The number of benzene rings is 1. The second-order valence-electron chi connectivity index (χ2n) is 5.05. The predicted octanol–water partition coefficient (Wildman–Crippen LogP) is 1.00. The van der Waals surface area contributed by atoms with Crippen LogP contribution in [0.25, 0.3) is 0 Å². The normalized spacial score (nSPS) is 12.0. The van der Waals surface area contributed by atoms with Crippen LogP contribution >= 0.6 is 0 Å². The molecule has 0 bridgehead atoms. The Labute approximate surface area is 123 Å². The number of methoxy groups -OCH3 is 1. The van der Waals surface area contributed by atoms with Crippen molar-refractivity contribution in [2.75, 3.05) is 7.11 Å². The van der Waals surface area contributed by atoms with Crippen LogP contribution in [0.1, 0.15) is 30.6 Å². The van der Waals surface area contributed by atoms with Crippen molar-refractivity contribution < 1.29 is 27.9 Å². The standard InChI is InChI=1S/C13H17NO6S/c1-13(2,8-11(15)16)14-21(18,19)10-7-5-4-6-9(10)12(17)20-3/h4-7,14H,8H2,1-3H3,(H,15,16). The first kappa shape index (κ1) is 17.1. The summed E-state index contributed by atoms with van der Waals surface area (Å²) in [5.74, 6) is -1.92. The molecule has 0 saturated carbocycles. The number of sulfonamides is 1. The van der Waals surface area contributed by atoms with Gasteiger partial charge in [0.15, 0.2) is 0 Å². The van der Waals surface area contributed by atoms with E-state index in [0.717, 1.165) is 7.11 Å². The highest BCUT2D eigenvalue weighted by molar-refractivity contribution is 7.89. The van der Waals surface area contributed by atoms with Gasteiger partial charge in [-0.25, -0.2) is 17.9 Å². The van der Waals surface area contributed by atoms with Crippen molar-refractivity contribution in [3.8, 4) is 0 Å². The number of hydrogen-bond donors (Lipinski definition) is 2. The summed E-state index contributed by atoms with van der Waals surface area (Å²) in [6.07, 6.45) is -0.396. The molecule has 0 spiro atoms. The van der Waals surface area contributed by atoms with E-state index in [1.165, 1.54) is 38.1 Å². The highest BCUT2D eigenvalue weighted by Gasteiger charge is 2.31. The van der Waals surface area contributed by atoms with Gasteiger partial charge in [-0.1, -0.05) is 12.1 Å². The van der Waals surface area contributed by atoms with Gasteiger partial charge in [0.2, 0.25) is 10.0 Å². The van der Waals surface area contributed by atoms with Gasteiger partial charge < -0.3 is 9.84 Å². The number of rotatable bonds is 6. The second-order valence-corrected chi connectivity index (χ2v) is 6.70. The third-order valence-corrected chi connectivity index (χ3v) is 4.34. The first-order valence-corrected chi connectivity index (χ1v) is 7.50. The number of hydrogen-bond acceptors (Lipinski definition) is 5. The zero-order valence-corrected chi connectivity index (χ0v) is 12.7. The number of carbonyl (C=O) groups is 2. The van der Waals surface area contributed by atoms with Crippen LogP contribution in [-0.2, 0) is 19.6 Å². The summed E-state index contributed by atoms with van der Waals surface area (Å²) in [6.45, 7) is 2.89. The fourth-order valence-corrected chi connectivity index (χ4v) is 3.42. The molecule has 1 aromatic rings. The number of ether oxygens (including phenoxy) is 1. The molecule has 21 heavy (non-hydrogen) atoms. The monoisotopic (exact) mass is 315 g/mol. The molecule has 0 saturated heterocycles. The third-order valence-electron chi connectivity index (χ3n) is 2.59. The number of carboxylic acid groups (broad SMARTS) is 1. The summed E-state index contributed by atoms with van der Waals surface area (Å²) in [6, 6.07) is 5.55. The first-order chi connectivity index (χ1) is 9.59. The SMILES string of the molecule is COC(=O)c1ccccc1S(=O)(=O)NC(C)(C)CC(=O)O. The first-order valence-electron chi connectivity index (χ1n) is 6.02. The summed E-state index contributed by atoms with van der Waals surface area (Å²) in [5, 5.41) is 8.79. The Balaban J connectivity index is 3.21. The number of carboxylic acids is 1. The van der Waals surface area contributed by atoms with Crippen LogP contribution in [0.15, 0.2) is 29.2 Å². The molecule has 0 atom stereocenters. The lowest BCUT2D eigenvalue weighted by Crippen LogP contribution is -2.45. The van der Waals surface area contributed by atoms with E-state index < -0.39 is 33.9 Å². The third kappa shape index (κ3) is 4.54. The Morgan fingerprint density at radius 1 is 1.29 bits per heavy atom. The molecule has 1 rings (SSSR count). The van der Waals surface area contributed by atoms with E-state index in [9.17, 15) is 18.0 Å². The lowest BCUT2D eigenvalue weighted by molar-refractivity contribution is -0.138. The minimum atomic E-state index is -4.06. The number of nitrogens with one attached hydrogen (secondary N) is 1. The summed E-state index contributed by atoms with van der Waals surface area (Å²) in [5.41, 5.74) is -1.31. The van der Waals surface area contributed by atoms with Gasteiger partial charge in [-0.3, -0.25) is 4.79 Å². The van der Waals surface area contributed by atoms with E-state index in [1.54, 1.807) is 0 Å². The Morgan fingerprint density at radius 2 is 1.86 bits per heavy atom. The molecule has 2 N–H and O–H groups in total. The van der Waals surface area contributed by atoms with E-state index in [0.29, 0.717) is 0 Å². The maximum absolute atomic E-state index is 12.4. The van der Waals surface area contributed by atoms with Crippen molar-refractivity contribution in [3.63, 3.8) is 0 Å². The molecule has 116 valence electrons. The molecule has 0 aromatic heterocycles. The Kier molecular flexibility index (Phi) is 5.08. The highest BCUT2D eigenvalue weighted by atomic mass is 32.2. The molecule has 7 nitrogen and oxygen atoms in total. The lowest BCUT2D eigenvalue weighted by Gasteiger charge is -2.24. The van der Waals surface area contributed by atoms with Gasteiger partial charge in [-0.15, -0.1) is 0 Å². The van der Waals surface area contributed by atoms with Crippen molar-refractivity contribution in [2.24, 2.45) is 0 Å². The topological polar surface area (TPSA) is 110 Å². The summed E-state index contributed by atoms with van der Waals surface area (Å²) < 4.78 is 31.5. The average Bonchev–Trinajstić information content (AvgIpc) is 2.34. The molecule has 8 heteroatoms. The second kappa shape index (κ2) is 6.23. The number of esters is 1. The minimum absolute atomic E-state index is 0.112. The van der Waals surface area contributed by atoms with Crippen molar-refractivity contribution in [1.29, 1.82) is 0 Å². The van der Waals surface area contributed by atoms with E-state index >= 15 is 0 Å². The van der Waals surface area contributed by atoms with E-state index in [1.807, 2.05) is 0 Å². The molecule has 0 aliphatic rings. The lowest BCUT2D eigenvalue weighted by atomic mass is 10.0. The van der Waals surface area contributed by atoms with Gasteiger partial charge in [-0.2, -0.15) is 0 Å². The van der Waals surface area contributed by atoms with E-state index in [4.69, 9.17) is 5.11 Å². The van der Waals surface area contributed by atoms with E-state index in [2.05, 4.69) is 9.46 Å². The van der Waals surface area contributed by atoms with Crippen LogP contribution in [0.4, 0.5) is 0 Å². The zero-order valence-electron chi connectivity index (χ0n) is 11.9. The predicted molar refractivity (Wildman–Crippen MR) is 74.4 cm³/mol. The van der Waals surface area contributed by atoms with Gasteiger partial charge in [0.25, 0.3) is 0 Å². The average molecular weight is 315 g/mol. The molecular weight excluding hydrogens is 298 g/mol. The van der Waals surface area contributed by atoms with Gasteiger partial charge in [0.05, 0.1) is 24.0 Å². The van der Waals surface area contributed by atoms with Gasteiger partial charge >= 0.3 is 11.9 Å². The number of aliphatic carboxylic acids is 1. The summed E-state index contributed by atoms with van der Waals surface area (Å²) >= 11 is 0. The van der Waals surface area contributed by atoms with Crippen LogP contribution < -0.4 is 4.72 Å². The maximum atomic E-state index is 12.4. The van der Waals surface area contributed by atoms with Crippen LogP contribution in [-0.4, -0.2) is 38.1 Å².